The van der Waals surface area contributed by atoms with E-state index in [4.69, 9.17) is 0 Å². The zero-order valence-corrected chi connectivity index (χ0v) is 19.1. The third kappa shape index (κ3) is 7.23. The molecule has 0 amide bonds. The smallest absolute Gasteiger partial charge is 0.465 e. The average Bonchev–Trinajstić information content (AvgIpc) is 3.15. The highest BCUT2D eigenvalue weighted by Gasteiger charge is 2.32. The first kappa shape index (κ1) is 24.6. The van der Waals surface area contributed by atoms with E-state index in [2.05, 4.69) is 33.3 Å². The van der Waals surface area contributed by atoms with Crippen LogP contribution in [0.5, 0.6) is 5.75 Å². The normalized spacial score (nSPS) is 15.5. The maximum absolute atomic E-state index is 12.5. The second kappa shape index (κ2) is 10.3. The number of halogens is 3. The number of hydrogen-bond donors (Lipinski definition) is 1. The van der Waals surface area contributed by atoms with Crippen LogP contribution in [0.25, 0.3) is 11.0 Å². The van der Waals surface area contributed by atoms with Gasteiger partial charge in [-0.2, -0.15) is 0 Å². The van der Waals surface area contributed by atoms with Crippen molar-refractivity contribution in [3.05, 3.63) is 59.4 Å². The number of carbonyl (C=O) groups is 1. The van der Waals surface area contributed by atoms with E-state index in [-0.39, 0.29) is 12.2 Å². The van der Waals surface area contributed by atoms with Gasteiger partial charge in [0.1, 0.15) is 11.6 Å². The van der Waals surface area contributed by atoms with Crippen LogP contribution in [0.15, 0.2) is 42.5 Å². The fourth-order valence-electron chi connectivity index (χ4n) is 3.95. The van der Waals surface area contributed by atoms with Crippen LogP contribution < -0.4 is 4.74 Å². The molecule has 0 radical (unpaired) electrons. The summed E-state index contributed by atoms with van der Waals surface area (Å²) in [6.07, 6.45) is 2.66. The van der Waals surface area contributed by atoms with Crippen LogP contribution >= 0.6 is 0 Å². The molecule has 0 saturated heterocycles. The van der Waals surface area contributed by atoms with Gasteiger partial charge >= 0.3 is 12.3 Å². The highest BCUT2D eigenvalue weighted by molar-refractivity contribution is 5.93. The number of para-hydroxylation sites is 1. The summed E-state index contributed by atoms with van der Waals surface area (Å²) in [5.41, 5.74) is 2.56. The fourth-order valence-corrected chi connectivity index (χ4v) is 3.95. The molecule has 0 unspecified atom stereocenters. The molecule has 5 nitrogen and oxygen atoms in total. The van der Waals surface area contributed by atoms with E-state index in [9.17, 15) is 18.0 Å². The van der Waals surface area contributed by atoms with Crippen LogP contribution in [-0.2, 0) is 11.2 Å². The van der Waals surface area contributed by atoms with Gasteiger partial charge in [0.2, 0.25) is 0 Å². The van der Waals surface area contributed by atoms with E-state index in [0.29, 0.717) is 33.4 Å². The van der Waals surface area contributed by atoms with Crippen molar-refractivity contribution in [1.82, 2.24) is 9.97 Å². The number of fused-ring (bicyclic) bond motifs is 1. The third-order valence-electron chi connectivity index (χ3n) is 5.72. The minimum absolute atomic E-state index is 0.120. The zero-order chi connectivity index (χ0) is 24.1. The lowest BCUT2D eigenvalue weighted by molar-refractivity contribution is -0.274. The molecule has 33 heavy (non-hydrogen) atoms. The highest BCUT2D eigenvalue weighted by Crippen LogP contribution is 2.34. The van der Waals surface area contributed by atoms with Gasteiger partial charge in [0.15, 0.2) is 0 Å². The Labute approximate surface area is 191 Å². The molecule has 0 atom stereocenters. The quantitative estimate of drug-likeness (QED) is 0.432. The van der Waals surface area contributed by atoms with Gasteiger partial charge in [-0.3, -0.25) is 0 Å². The van der Waals surface area contributed by atoms with Crippen molar-refractivity contribution in [3.63, 3.8) is 0 Å². The molecule has 1 aliphatic rings. The molecule has 2 aromatic carbocycles. The summed E-state index contributed by atoms with van der Waals surface area (Å²) in [6, 6.07) is 10.7. The standard InChI is InChI=1S/C17H13F3N2O3.C8H16/c1-24-16(23)11-6-7-12-13(8-11)22-15(21-12)9-10-4-2-3-5-14(10)25-17(18,19)20;1-8(2)6-4-3-5-7-8/h2-8H,9H2,1H3,(H,21,22);3-7H2,1-2H3. The molecule has 3 aromatic rings. The molecule has 0 bridgehead atoms. The van der Waals surface area contributed by atoms with Crippen molar-refractivity contribution in [2.45, 2.75) is 58.7 Å². The molecule has 4 rings (SSSR count). The molecule has 1 aromatic heterocycles. The second-order valence-corrected chi connectivity index (χ2v) is 8.96. The Morgan fingerprint density at radius 3 is 2.39 bits per heavy atom. The highest BCUT2D eigenvalue weighted by atomic mass is 19.4. The minimum atomic E-state index is -4.76. The summed E-state index contributed by atoms with van der Waals surface area (Å²) in [6.45, 7) is 4.76. The lowest BCUT2D eigenvalue weighted by Gasteiger charge is -2.28. The summed E-state index contributed by atoms with van der Waals surface area (Å²) < 4.78 is 46.2. The van der Waals surface area contributed by atoms with Gasteiger partial charge in [0.05, 0.1) is 23.7 Å². The maximum atomic E-state index is 12.5. The molecule has 1 saturated carbocycles. The first-order chi connectivity index (χ1) is 15.6. The lowest BCUT2D eigenvalue weighted by atomic mass is 9.78. The maximum Gasteiger partial charge on any atom is 0.573 e. The number of H-pyrrole nitrogens is 1. The number of rotatable bonds is 4. The number of hydrogen-bond acceptors (Lipinski definition) is 4. The first-order valence-electron chi connectivity index (χ1n) is 11.0. The van der Waals surface area contributed by atoms with Crippen molar-refractivity contribution in [1.29, 1.82) is 0 Å². The Morgan fingerprint density at radius 2 is 1.79 bits per heavy atom. The Morgan fingerprint density at radius 1 is 1.09 bits per heavy atom. The van der Waals surface area contributed by atoms with Crippen molar-refractivity contribution >= 4 is 17.0 Å². The van der Waals surface area contributed by atoms with Gasteiger partial charge in [-0.1, -0.05) is 51.3 Å². The predicted octanol–water partition coefficient (Wildman–Crippen LogP) is 6.82. The van der Waals surface area contributed by atoms with Crippen molar-refractivity contribution in [3.8, 4) is 5.75 Å². The second-order valence-electron chi connectivity index (χ2n) is 8.96. The lowest BCUT2D eigenvalue weighted by Crippen LogP contribution is -2.18. The Balaban J connectivity index is 0.000000323. The van der Waals surface area contributed by atoms with Crippen LogP contribution in [0, 0.1) is 5.41 Å². The monoisotopic (exact) mass is 462 g/mol. The summed E-state index contributed by atoms with van der Waals surface area (Å²) in [5.74, 6) is -0.303. The van der Waals surface area contributed by atoms with Gasteiger partial charge in [-0.15, -0.1) is 13.2 Å². The summed E-state index contributed by atoms with van der Waals surface area (Å²) >= 11 is 0. The molecule has 0 aliphatic heterocycles. The number of benzene rings is 2. The Kier molecular flexibility index (Phi) is 7.66. The van der Waals surface area contributed by atoms with E-state index < -0.39 is 12.3 Å². The van der Waals surface area contributed by atoms with Crippen LogP contribution in [0.2, 0.25) is 0 Å². The number of methoxy groups -OCH3 is 1. The summed E-state index contributed by atoms with van der Waals surface area (Å²) in [7, 11) is 1.28. The number of aromatic nitrogens is 2. The summed E-state index contributed by atoms with van der Waals surface area (Å²) in [5, 5.41) is 0. The van der Waals surface area contributed by atoms with E-state index in [1.165, 1.54) is 57.4 Å². The van der Waals surface area contributed by atoms with Crippen LogP contribution in [-0.4, -0.2) is 29.4 Å². The number of imidazole rings is 1. The SMILES string of the molecule is CC1(C)CCCCC1.COC(=O)c1ccc2nc(Cc3ccccc3OC(F)(F)F)[nH]c2c1. The van der Waals surface area contributed by atoms with E-state index in [1.54, 1.807) is 24.3 Å². The average molecular weight is 463 g/mol. The van der Waals surface area contributed by atoms with Crippen LogP contribution in [0.3, 0.4) is 0 Å². The fraction of sp³-hybridized carbons (Fsp3) is 0.440. The number of nitrogens with one attached hydrogen (secondary N) is 1. The zero-order valence-electron chi connectivity index (χ0n) is 19.1. The van der Waals surface area contributed by atoms with Gasteiger partial charge in [-0.05, 0) is 42.5 Å². The Hall–Kier alpha value is -3.03. The molecule has 178 valence electrons. The molecule has 1 fully saturated rings. The molecular formula is C25H29F3N2O3. The van der Waals surface area contributed by atoms with E-state index in [1.807, 2.05) is 0 Å². The van der Waals surface area contributed by atoms with E-state index in [0.717, 1.165) is 0 Å². The topological polar surface area (TPSA) is 64.2 Å². The largest absolute Gasteiger partial charge is 0.573 e. The first-order valence-corrected chi connectivity index (χ1v) is 11.0. The number of ether oxygens (including phenoxy) is 2. The number of aromatic amines is 1. The number of esters is 1. The van der Waals surface area contributed by atoms with Crippen molar-refractivity contribution in [2.24, 2.45) is 5.41 Å². The van der Waals surface area contributed by atoms with Crippen molar-refractivity contribution in [2.75, 3.05) is 7.11 Å². The van der Waals surface area contributed by atoms with Crippen LogP contribution in [0.1, 0.15) is 67.7 Å². The molecule has 1 N–H and O–H groups in total. The minimum Gasteiger partial charge on any atom is -0.465 e. The van der Waals surface area contributed by atoms with Gasteiger partial charge in [-0.25, -0.2) is 9.78 Å². The third-order valence-corrected chi connectivity index (χ3v) is 5.72. The molecule has 1 aliphatic carbocycles. The Bertz CT molecular complexity index is 1080. The van der Waals surface area contributed by atoms with Crippen molar-refractivity contribution < 1.29 is 27.4 Å². The van der Waals surface area contributed by atoms with Gasteiger partial charge < -0.3 is 14.5 Å². The molecular weight excluding hydrogens is 433 g/mol. The number of carbonyl (C=O) groups excluding carboxylic acids is 1. The number of alkyl halides is 3. The van der Waals surface area contributed by atoms with Gasteiger partial charge in [0, 0.05) is 12.0 Å². The molecule has 8 heteroatoms. The number of nitrogens with zero attached hydrogens (tertiary/aromatic N) is 1. The van der Waals surface area contributed by atoms with Gasteiger partial charge in [0.25, 0.3) is 0 Å². The summed E-state index contributed by atoms with van der Waals surface area (Å²) in [4.78, 5) is 18.9. The van der Waals surface area contributed by atoms with E-state index >= 15 is 0 Å². The molecule has 1 heterocycles. The van der Waals surface area contributed by atoms with Crippen LogP contribution in [0.4, 0.5) is 13.2 Å². The molecule has 0 spiro atoms. The predicted molar refractivity (Wildman–Crippen MR) is 120 cm³/mol.